The van der Waals surface area contributed by atoms with Crippen LogP contribution in [0.3, 0.4) is 0 Å². The van der Waals surface area contributed by atoms with E-state index in [0.717, 1.165) is 24.2 Å². The van der Waals surface area contributed by atoms with E-state index in [-0.39, 0.29) is 0 Å². The van der Waals surface area contributed by atoms with E-state index < -0.39 is 0 Å². The van der Waals surface area contributed by atoms with Gasteiger partial charge in [0, 0.05) is 24.2 Å². The van der Waals surface area contributed by atoms with Crippen LogP contribution < -0.4 is 5.32 Å². The smallest absolute Gasteiger partial charge is 0.0110 e. The molecule has 2 saturated heterocycles. The van der Waals surface area contributed by atoms with Crippen LogP contribution in [0.2, 0.25) is 0 Å². The third-order valence-electron chi connectivity index (χ3n) is 5.67. The maximum absolute atomic E-state index is 4.02. The minimum atomic E-state index is 0.819. The normalized spacial score (nSPS) is 39.5. The quantitative estimate of drug-likeness (QED) is 0.756. The Kier molecular flexibility index (Phi) is 4.25. The molecule has 0 aromatic rings. The van der Waals surface area contributed by atoms with E-state index >= 15 is 0 Å². The summed E-state index contributed by atoms with van der Waals surface area (Å²) < 4.78 is 0. The molecular weight excluding hydrogens is 220 g/mol. The summed E-state index contributed by atoms with van der Waals surface area (Å²) >= 11 is 0. The van der Waals surface area contributed by atoms with E-state index in [9.17, 15) is 0 Å². The fraction of sp³-hybridized carbons (Fsp3) is 1.00. The molecule has 104 valence electrons. The molecule has 2 bridgehead atoms. The van der Waals surface area contributed by atoms with Crippen molar-refractivity contribution < 1.29 is 0 Å². The summed E-state index contributed by atoms with van der Waals surface area (Å²) in [6.07, 6.45) is 15.9. The molecule has 18 heavy (non-hydrogen) atoms. The van der Waals surface area contributed by atoms with Gasteiger partial charge in [0.15, 0.2) is 0 Å². The van der Waals surface area contributed by atoms with Gasteiger partial charge in [0.25, 0.3) is 0 Å². The molecule has 2 heteroatoms. The van der Waals surface area contributed by atoms with Crippen molar-refractivity contribution in [2.24, 2.45) is 0 Å². The lowest BCUT2D eigenvalue weighted by molar-refractivity contribution is 0.0453. The molecule has 0 amide bonds. The van der Waals surface area contributed by atoms with Gasteiger partial charge >= 0.3 is 0 Å². The second-order valence-electron chi connectivity index (χ2n) is 6.93. The minimum absolute atomic E-state index is 0.819. The van der Waals surface area contributed by atoms with Gasteiger partial charge in [-0.25, -0.2) is 0 Å². The Morgan fingerprint density at radius 1 is 0.722 bits per heavy atom. The Hall–Kier alpha value is -0.0800. The van der Waals surface area contributed by atoms with Gasteiger partial charge in [0.05, 0.1) is 0 Å². The summed E-state index contributed by atoms with van der Waals surface area (Å²) in [5, 5.41) is 4.02. The van der Waals surface area contributed by atoms with Crippen molar-refractivity contribution in [1.29, 1.82) is 0 Å². The number of nitrogens with one attached hydrogen (secondary N) is 1. The number of hydrogen-bond donors (Lipinski definition) is 1. The number of fused-ring (bicyclic) bond motifs is 2. The highest BCUT2D eigenvalue weighted by Gasteiger charge is 2.36. The van der Waals surface area contributed by atoms with Crippen LogP contribution >= 0.6 is 0 Å². The van der Waals surface area contributed by atoms with Crippen molar-refractivity contribution in [2.45, 2.75) is 94.8 Å². The van der Waals surface area contributed by atoms with E-state index in [1.165, 1.54) is 70.6 Å². The molecule has 1 aliphatic carbocycles. The largest absolute Gasteiger partial charge is 0.311 e. The molecule has 2 nitrogen and oxygen atoms in total. The Balaban J connectivity index is 1.54. The molecular formula is C16H30N2. The summed E-state index contributed by atoms with van der Waals surface area (Å²) in [4.78, 5) is 2.68. The van der Waals surface area contributed by atoms with Crippen molar-refractivity contribution in [1.82, 2.24) is 10.2 Å². The second kappa shape index (κ2) is 5.92. The van der Waals surface area contributed by atoms with Crippen LogP contribution in [0, 0.1) is 0 Å². The summed E-state index contributed by atoms with van der Waals surface area (Å²) in [5.74, 6) is 0. The lowest BCUT2D eigenvalue weighted by Crippen LogP contribution is -2.55. The number of hydrogen-bond acceptors (Lipinski definition) is 2. The van der Waals surface area contributed by atoms with Crippen LogP contribution in [0.15, 0.2) is 0 Å². The zero-order valence-corrected chi connectivity index (χ0v) is 12.0. The van der Waals surface area contributed by atoms with Crippen molar-refractivity contribution >= 4 is 0 Å². The van der Waals surface area contributed by atoms with Crippen molar-refractivity contribution in [3.8, 4) is 0 Å². The Morgan fingerprint density at radius 3 is 1.94 bits per heavy atom. The van der Waals surface area contributed by atoms with Crippen molar-refractivity contribution in [3.05, 3.63) is 0 Å². The van der Waals surface area contributed by atoms with Gasteiger partial charge in [-0.3, -0.25) is 0 Å². The first kappa shape index (κ1) is 12.9. The highest BCUT2D eigenvalue weighted by Crippen LogP contribution is 2.33. The number of nitrogens with zero attached hydrogens (tertiary/aromatic N) is 1. The zero-order valence-electron chi connectivity index (χ0n) is 12.0. The first-order valence-electron chi connectivity index (χ1n) is 8.31. The average molecular weight is 250 g/mol. The summed E-state index contributed by atoms with van der Waals surface area (Å²) in [7, 11) is 2.36. The molecule has 2 aliphatic heterocycles. The van der Waals surface area contributed by atoms with Gasteiger partial charge in [0.1, 0.15) is 0 Å². The SMILES string of the molecule is CN1C2CCCC1CC(NC1CCCCCC1)C2. The van der Waals surface area contributed by atoms with E-state index in [0.29, 0.717) is 0 Å². The lowest BCUT2D eigenvalue weighted by Gasteiger charge is -2.48. The van der Waals surface area contributed by atoms with Crippen molar-refractivity contribution in [3.63, 3.8) is 0 Å². The van der Waals surface area contributed by atoms with E-state index in [4.69, 9.17) is 0 Å². The third kappa shape index (κ3) is 2.91. The van der Waals surface area contributed by atoms with Crippen LogP contribution in [-0.2, 0) is 0 Å². The molecule has 3 rings (SSSR count). The highest BCUT2D eigenvalue weighted by atomic mass is 15.2. The number of piperidine rings is 2. The van der Waals surface area contributed by atoms with E-state index in [1.807, 2.05) is 0 Å². The average Bonchev–Trinajstić information content (AvgIpc) is 2.59. The van der Waals surface area contributed by atoms with Crippen LogP contribution in [0.25, 0.3) is 0 Å². The Morgan fingerprint density at radius 2 is 1.33 bits per heavy atom. The van der Waals surface area contributed by atoms with E-state index in [1.54, 1.807) is 0 Å². The van der Waals surface area contributed by atoms with Crippen LogP contribution in [0.4, 0.5) is 0 Å². The van der Waals surface area contributed by atoms with Gasteiger partial charge < -0.3 is 10.2 Å². The third-order valence-corrected chi connectivity index (χ3v) is 5.67. The molecule has 0 radical (unpaired) electrons. The predicted molar refractivity (Wildman–Crippen MR) is 76.8 cm³/mol. The van der Waals surface area contributed by atoms with Gasteiger partial charge in [-0.2, -0.15) is 0 Å². The molecule has 2 unspecified atom stereocenters. The summed E-state index contributed by atoms with van der Waals surface area (Å²) in [5.41, 5.74) is 0. The monoisotopic (exact) mass is 250 g/mol. The summed E-state index contributed by atoms with van der Waals surface area (Å²) in [6, 6.07) is 3.41. The predicted octanol–water partition coefficient (Wildman–Crippen LogP) is 3.31. The molecule has 1 saturated carbocycles. The fourth-order valence-electron chi connectivity index (χ4n) is 4.53. The molecule has 3 fully saturated rings. The molecule has 3 aliphatic rings. The summed E-state index contributed by atoms with van der Waals surface area (Å²) in [6.45, 7) is 0. The molecule has 0 spiro atoms. The second-order valence-corrected chi connectivity index (χ2v) is 6.93. The van der Waals surface area contributed by atoms with Gasteiger partial charge in [-0.15, -0.1) is 0 Å². The van der Waals surface area contributed by atoms with Crippen LogP contribution in [0.1, 0.15) is 70.6 Å². The van der Waals surface area contributed by atoms with E-state index in [2.05, 4.69) is 17.3 Å². The zero-order chi connectivity index (χ0) is 12.4. The molecule has 0 aromatic heterocycles. The van der Waals surface area contributed by atoms with Crippen molar-refractivity contribution in [2.75, 3.05) is 7.05 Å². The topological polar surface area (TPSA) is 15.3 Å². The van der Waals surface area contributed by atoms with Gasteiger partial charge in [-0.05, 0) is 45.6 Å². The highest BCUT2D eigenvalue weighted by molar-refractivity contribution is 4.94. The van der Waals surface area contributed by atoms with Gasteiger partial charge in [-0.1, -0.05) is 32.1 Å². The minimum Gasteiger partial charge on any atom is -0.311 e. The molecule has 0 aromatic carbocycles. The first-order valence-corrected chi connectivity index (χ1v) is 8.31. The Labute approximate surface area is 113 Å². The maximum atomic E-state index is 4.02. The first-order chi connectivity index (χ1) is 8.83. The maximum Gasteiger partial charge on any atom is 0.0110 e. The molecule has 2 heterocycles. The fourth-order valence-corrected chi connectivity index (χ4v) is 4.53. The Bertz CT molecular complexity index is 244. The lowest BCUT2D eigenvalue weighted by atomic mass is 9.82. The van der Waals surface area contributed by atoms with Crippen LogP contribution in [0.5, 0.6) is 0 Å². The standard InChI is InChI=1S/C16H30N2/c1-18-15-9-6-10-16(18)12-14(11-15)17-13-7-4-2-3-5-8-13/h13-17H,2-12H2,1H3. The molecule has 1 N–H and O–H groups in total. The number of rotatable bonds is 2. The van der Waals surface area contributed by atoms with Gasteiger partial charge in [0.2, 0.25) is 0 Å². The molecule has 2 atom stereocenters. The van der Waals surface area contributed by atoms with Crippen LogP contribution in [-0.4, -0.2) is 36.1 Å².